The van der Waals surface area contributed by atoms with Crippen molar-refractivity contribution in [3.8, 4) is 17.2 Å². The van der Waals surface area contributed by atoms with E-state index in [4.69, 9.17) is 14.6 Å². The van der Waals surface area contributed by atoms with Crippen LogP contribution < -0.4 is 14.2 Å². The number of hydrogen-bond acceptors (Lipinski definition) is 6. The van der Waals surface area contributed by atoms with Gasteiger partial charge in [0.1, 0.15) is 24.0 Å². The first-order valence-corrected chi connectivity index (χ1v) is 8.79. The van der Waals surface area contributed by atoms with E-state index < -0.39 is 33.4 Å². The number of carbonyl (C=O) groups is 1. The lowest BCUT2D eigenvalue weighted by Gasteiger charge is -2.26. The summed E-state index contributed by atoms with van der Waals surface area (Å²) in [6.45, 7) is 0.120. The SMILES string of the molecule is O=C(O)c1cc(S(=O)(=O)NC[C@@H]2COc3ccccc3O2)ccc1O. The van der Waals surface area contributed by atoms with Crippen molar-refractivity contribution in [2.75, 3.05) is 13.2 Å². The molecular weight excluding hydrogens is 350 g/mol. The molecule has 0 radical (unpaired) electrons. The van der Waals surface area contributed by atoms with E-state index in [1.165, 1.54) is 0 Å². The zero-order chi connectivity index (χ0) is 18.0. The fourth-order valence-electron chi connectivity index (χ4n) is 2.30. The average molecular weight is 365 g/mol. The Labute approximate surface area is 143 Å². The van der Waals surface area contributed by atoms with E-state index in [1.54, 1.807) is 24.3 Å². The van der Waals surface area contributed by atoms with Crippen molar-refractivity contribution in [2.45, 2.75) is 11.0 Å². The first-order chi connectivity index (χ1) is 11.9. The van der Waals surface area contributed by atoms with Crippen molar-refractivity contribution in [2.24, 2.45) is 0 Å². The van der Waals surface area contributed by atoms with Crippen molar-refractivity contribution < 1.29 is 32.9 Å². The third-order valence-electron chi connectivity index (χ3n) is 3.58. The van der Waals surface area contributed by atoms with Crippen LogP contribution in [0.4, 0.5) is 0 Å². The van der Waals surface area contributed by atoms with Gasteiger partial charge < -0.3 is 19.7 Å². The van der Waals surface area contributed by atoms with E-state index in [0.717, 1.165) is 18.2 Å². The van der Waals surface area contributed by atoms with Gasteiger partial charge in [-0.15, -0.1) is 0 Å². The number of sulfonamides is 1. The molecule has 0 saturated carbocycles. The number of phenols is 1. The maximum absolute atomic E-state index is 12.3. The number of ether oxygens (including phenoxy) is 2. The molecule has 0 unspecified atom stereocenters. The van der Waals surface area contributed by atoms with Crippen molar-refractivity contribution in [1.82, 2.24) is 4.72 Å². The Morgan fingerprint density at radius 3 is 2.64 bits per heavy atom. The van der Waals surface area contributed by atoms with E-state index >= 15 is 0 Å². The molecule has 3 rings (SSSR count). The molecule has 3 N–H and O–H groups in total. The Morgan fingerprint density at radius 2 is 1.92 bits per heavy atom. The van der Waals surface area contributed by atoms with Crippen LogP contribution in [0.5, 0.6) is 17.2 Å². The van der Waals surface area contributed by atoms with Crippen LogP contribution in [0.25, 0.3) is 0 Å². The van der Waals surface area contributed by atoms with Crippen LogP contribution in [0, 0.1) is 0 Å². The number of aromatic carboxylic acids is 1. The normalized spacial score (nSPS) is 16.4. The summed E-state index contributed by atoms with van der Waals surface area (Å²) < 4.78 is 38.2. The molecule has 0 fully saturated rings. The van der Waals surface area contributed by atoms with Crippen molar-refractivity contribution in [3.05, 3.63) is 48.0 Å². The molecule has 1 aliphatic heterocycles. The third-order valence-corrected chi connectivity index (χ3v) is 5.00. The smallest absolute Gasteiger partial charge is 0.339 e. The number of carboxylic acids is 1. The van der Waals surface area contributed by atoms with E-state index in [-0.39, 0.29) is 18.0 Å². The van der Waals surface area contributed by atoms with Gasteiger partial charge in [0.25, 0.3) is 0 Å². The standard InChI is InChI=1S/C16H15NO7S/c18-13-6-5-11(7-12(13)16(19)20)25(21,22)17-8-10-9-23-14-3-1-2-4-15(14)24-10/h1-7,10,17-18H,8-9H2,(H,19,20)/t10-/m1/s1. The topological polar surface area (TPSA) is 122 Å². The predicted molar refractivity (Wildman–Crippen MR) is 86.6 cm³/mol. The van der Waals surface area contributed by atoms with Gasteiger partial charge in [-0.2, -0.15) is 0 Å². The molecular formula is C16H15NO7S. The number of rotatable bonds is 5. The molecule has 0 aromatic heterocycles. The molecule has 25 heavy (non-hydrogen) atoms. The Balaban J connectivity index is 1.71. The quantitative estimate of drug-likeness (QED) is 0.728. The van der Waals surface area contributed by atoms with Crippen molar-refractivity contribution in [1.29, 1.82) is 0 Å². The highest BCUT2D eigenvalue weighted by Gasteiger charge is 2.24. The number of aromatic hydroxyl groups is 1. The summed E-state index contributed by atoms with van der Waals surface area (Å²) in [5, 5.41) is 18.4. The largest absolute Gasteiger partial charge is 0.507 e. The number of carboxylic acid groups (broad SMARTS) is 1. The maximum Gasteiger partial charge on any atom is 0.339 e. The fourth-order valence-corrected chi connectivity index (χ4v) is 3.40. The van der Waals surface area contributed by atoms with Gasteiger partial charge in [0.2, 0.25) is 10.0 Å². The third kappa shape index (κ3) is 3.67. The Bertz CT molecular complexity index is 910. The minimum absolute atomic E-state index is 0.0556. The molecule has 0 amide bonds. The monoisotopic (exact) mass is 365 g/mol. The second kappa shape index (κ2) is 6.61. The summed E-state index contributed by atoms with van der Waals surface area (Å²) >= 11 is 0. The molecule has 0 aliphatic carbocycles. The summed E-state index contributed by atoms with van der Waals surface area (Å²) in [4.78, 5) is 10.7. The van der Waals surface area contributed by atoms with Gasteiger partial charge in [0, 0.05) is 0 Å². The zero-order valence-corrected chi connectivity index (χ0v) is 13.7. The summed E-state index contributed by atoms with van der Waals surface area (Å²) in [5.74, 6) is -0.816. The maximum atomic E-state index is 12.3. The summed E-state index contributed by atoms with van der Waals surface area (Å²) in [6.07, 6.45) is -0.527. The molecule has 8 nitrogen and oxygen atoms in total. The van der Waals surface area contributed by atoms with Gasteiger partial charge in [-0.3, -0.25) is 0 Å². The lowest BCUT2D eigenvalue weighted by atomic mass is 10.2. The van der Waals surface area contributed by atoms with Crippen molar-refractivity contribution >= 4 is 16.0 Å². The zero-order valence-electron chi connectivity index (χ0n) is 12.9. The molecule has 2 aromatic rings. The number of benzene rings is 2. The van der Waals surface area contributed by atoms with Crippen LogP contribution in [0.15, 0.2) is 47.4 Å². The van der Waals surface area contributed by atoms with Crippen LogP contribution in [-0.4, -0.2) is 43.9 Å². The van der Waals surface area contributed by atoms with Crippen LogP contribution in [0.3, 0.4) is 0 Å². The highest BCUT2D eigenvalue weighted by atomic mass is 32.2. The van der Waals surface area contributed by atoms with Gasteiger partial charge >= 0.3 is 5.97 Å². The average Bonchev–Trinajstić information content (AvgIpc) is 2.60. The molecule has 132 valence electrons. The first-order valence-electron chi connectivity index (χ1n) is 7.31. The molecule has 0 bridgehead atoms. The van der Waals surface area contributed by atoms with Crippen LogP contribution >= 0.6 is 0 Å². The highest BCUT2D eigenvalue weighted by molar-refractivity contribution is 7.89. The lowest BCUT2D eigenvalue weighted by Crippen LogP contribution is -2.40. The second-order valence-corrected chi connectivity index (χ2v) is 7.10. The highest BCUT2D eigenvalue weighted by Crippen LogP contribution is 2.30. The summed E-state index contributed by atoms with van der Waals surface area (Å²) in [6, 6.07) is 10.1. The second-order valence-electron chi connectivity index (χ2n) is 5.33. The van der Waals surface area contributed by atoms with E-state index in [9.17, 15) is 18.3 Å². The summed E-state index contributed by atoms with van der Waals surface area (Å²) in [7, 11) is -3.97. The van der Waals surface area contributed by atoms with E-state index in [1.807, 2.05) is 0 Å². The summed E-state index contributed by atoms with van der Waals surface area (Å²) in [5.41, 5.74) is -0.492. The molecule has 2 aromatic carbocycles. The van der Waals surface area contributed by atoms with E-state index in [0.29, 0.717) is 11.5 Å². The van der Waals surface area contributed by atoms with Gasteiger partial charge in [-0.1, -0.05) is 12.1 Å². The molecule has 1 heterocycles. The fraction of sp³-hybridized carbons (Fsp3) is 0.188. The molecule has 0 spiro atoms. The lowest BCUT2D eigenvalue weighted by molar-refractivity contribution is 0.0693. The van der Waals surface area contributed by atoms with Crippen LogP contribution in [-0.2, 0) is 10.0 Å². The van der Waals surface area contributed by atoms with Gasteiger partial charge in [-0.05, 0) is 30.3 Å². The minimum atomic E-state index is -3.97. The Kier molecular flexibility index (Phi) is 4.51. The molecule has 1 aliphatic rings. The molecule has 1 atom stereocenters. The van der Waals surface area contributed by atoms with Crippen LogP contribution in [0.1, 0.15) is 10.4 Å². The van der Waals surface area contributed by atoms with Gasteiger partial charge in [-0.25, -0.2) is 17.9 Å². The van der Waals surface area contributed by atoms with E-state index in [2.05, 4.69) is 4.72 Å². The van der Waals surface area contributed by atoms with Crippen molar-refractivity contribution in [3.63, 3.8) is 0 Å². The number of hydrogen-bond donors (Lipinski definition) is 3. The number of para-hydroxylation sites is 2. The van der Waals surface area contributed by atoms with Crippen LogP contribution in [0.2, 0.25) is 0 Å². The Hall–Kier alpha value is -2.78. The molecule has 0 saturated heterocycles. The first kappa shape index (κ1) is 17.1. The Morgan fingerprint density at radius 1 is 1.20 bits per heavy atom. The molecule has 9 heteroatoms. The number of fused-ring (bicyclic) bond motifs is 1. The number of nitrogens with one attached hydrogen (secondary N) is 1. The minimum Gasteiger partial charge on any atom is -0.507 e. The predicted octanol–water partition coefficient (Wildman–Crippen LogP) is 1.21. The van der Waals surface area contributed by atoms with Gasteiger partial charge in [0.05, 0.1) is 11.4 Å². The van der Waals surface area contributed by atoms with Gasteiger partial charge in [0.15, 0.2) is 11.5 Å².